The number of carbonyl (C=O) groups is 2. The summed E-state index contributed by atoms with van der Waals surface area (Å²) < 4.78 is 120. The Bertz CT molecular complexity index is 2670. The van der Waals surface area contributed by atoms with Crippen molar-refractivity contribution in [2.45, 2.75) is 273 Å². The number of carbonyl (C=O) groups excluding carboxylic acids is 2. The van der Waals surface area contributed by atoms with Crippen LogP contribution in [0.2, 0.25) is 0 Å². The van der Waals surface area contributed by atoms with E-state index in [0.29, 0.717) is 50.9 Å². The molecule has 6 saturated heterocycles. The Morgan fingerprint density at radius 1 is 0.711 bits per heavy atom. The lowest BCUT2D eigenvalue weighted by molar-refractivity contribution is -0.399. The minimum absolute atomic E-state index is 0.00196. The van der Waals surface area contributed by atoms with Crippen molar-refractivity contribution in [1.82, 2.24) is 0 Å². The maximum absolute atomic E-state index is 14.8. The van der Waals surface area contributed by atoms with E-state index in [0.717, 1.165) is 18.4 Å². The molecular formula is C60H95O29S-. The second-order valence-corrected chi connectivity index (χ2v) is 29.4. The van der Waals surface area contributed by atoms with Gasteiger partial charge in [0.2, 0.25) is 10.4 Å². The van der Waals surface area contributed by atoms with Crippen LogP contribution in [0.25, 0.3) is 0 Å². The van der Waals surface area contributed by atoms with Gasteiger partial charge >= 0.3 is 11.9 Å². The minimum Gasteiger partial charge on any atom is -0.726 e. The first-order chi connectivity index (χ1) is 42.2. The lowest BCUT2D eigenvalue weighted by atomic mass is 9.41. The van der Waals surface area contributed by atoms with E-state index in [2.05, 4.69) is 47.6 Å². The van der Waals surface area contributed by atoms with Crippen molar-refractivity contribution < 1.29 is 139 Å². The Morgan fingerprint density at radius 3 is 1.99 bits per heavy atom. The molecule has 0 amide bonds. The number of hydrogen-bond donors (Lipinski definition) is 10. The quantitative estimate of drug-likeness (QED) is 0.0315. The van der Waals surface area contributed by atoms with Gasteiger partial charge in [-0.2, -0.15) is 0 Å². The van der Waals surface area contributed by atoms with Crippen LogP contribution in [0, 0.1) is 45.3 Å². The second kappa shape index (κ2) is 26.6. The predicted octanol–water partition coefficient (Wildman–Crippen LogP) is -1.18. The van der Waals surface area contributed by atoms with E-state index in [1.165, 1.54) is 21.0 Å². The molecule has 4 aliphatic carbocycles. The summed E-state index contributed by atoms with van der Waals surface area (Å²) in [6, 6.07) is 0. The van der Waals surface area contributed by atoms with Gasteiger partial charge in [-0.25, -0.2) is 8.42 Å². The number of fused-ring (bicyclic) bond motifs is 4. The standard InChI is InChI=1S/C60H96O29S/c1-25(2)12-11-17-59(9)49-32(81-27(4)62)20-58(8)29-13-14-35-56(5,6)36(16-18-57(35,7)28(29)15-19-60(49,58)55(72)88-59)83-53-47(39(67)34(24-79-53)89-90(73,74)75)87-54-48(86-50-40(68)37(65)30(63)22-77-50)41(69)44(26(3)80-54)84-51-42(70)45(31(64)23-78-51)85-52-43(71)46(76-10)38(66)33(21-61)82-52/h13,25-26,28,30-54,61,63-71H,11-12,14-24H2,1-10H3,(H,73,74,75)/p-1/t26-,28-,30-,31-,32+,33-,34-,35+,36+,37+,38-,39+,40-,41+,42-,43-,44-,45+,46+,47-,48-,49-,50+,51+,52+,53+,54+,57-,58+,59+,60?/m1/s1. The van der Waals surface area contributed by atoms with Gasteiger partial charge in [-0.3, -0.25) is 13.8 Å². The molecule has 6 heterocycles. The number of rotatable bonds is 19. The molecule has 31 atom stereocenters. The third kappa shape index (κ3) is 12.6. The van der Waals surface area contributed by atoms with Crippen LogP contribution in [0.5, 0.6) is 0 Å². The van der Waals surface area contributed by atoms with Crippen molar-refractivity contribution in [2.75, 3.05) is 33.5 Å². The van der Waals surface area contributed by atoms with Crippen molar-refractivity contribution >= 4 is 22.3 Å². The molecule has 10 N–H and O–H groups in total. The summed E-state index contributed by atoms with van der Waals surface area (Å²) in [6.45, 7) is 15.1. The molecular weight excluding hydrogens is 1220 g/mol. The van der Waals surface area contributed by atoms with Crippen LogP contribution >= 0.6 is 0 Å². The fourth-order valence-corrected chi connectivity index (χ4v) is 18.1. The van der Waals surface area contributed by atoms with Gasteiger partial charge in [-0.15, -0.1) is 0 Å². The van der Waals surface area contributed by atoms with Gasteiger partial charge in [0.25, 0.3) is 0 Å². The van der Waals surface area contributed by atoms with Crippen molar-refractivity contribution in [1.29, 1.82) is 0 Å². The highest BCUT2D eigenvalue weighted by Crippen LogP contribution is 2.77. The zero-order valence-electron chi connectivity index (χ0n) is 52.6. The first-order valence-electron chi connectivity index (χ1n) is 31.6. The molecule has 1 unspecified atom stereocenters. The number of ether oxygens (including phenoxy) is 13. The van der Waals surface area contributed by atoms with Gasteiger partial charge in [0.05, 0.1) is 50.0 Å². The molecule has 10 rings (SSSR count). The van der Waals surface area contributed by atoms with Gasteiger partial charge in [0.15, 0.2) is 31.5 Å². The van der Waals surface area contributed by atoms with Gasteiger partial charge in [0, 0.05) is 19.4 Å². The average molecular weight is 1310 g/mol. The number of cyclic esters (lactones) is 1. The van der Waals surface area contributed by atoms with Crippen LogP contribution in [0.4, 0.5) is 0 Å². The van der Waals surface area contributed by atoms with E-state index >= 15 is 0 Å². The van der Waals surface area contributed by atoms with Gasteiger partial charge in [-0.05, 0) is 93.8 Å². The molecule has 0 radical (unpaired) electrons. The Kier molecular flexibility index (Phi) is 20.8. The first kappa shape index (κ1) is 70.5. The van der Waals surface area contributed by atoms with E-state index in [1.54, 1.807) is 0 Å². The van der Waals surface area contributed by atoms with Gasteiger partial charge in [-0.1, -0.05) is 59.6 Å². The van der Waals surface area contributed by atoms with Crippen LogP contribution < -0.4 is 0 Å². The summed E-state index contributed by atoms with van der Waals surface area (Å²) in [6.07, 6.45) is -31.2. The van der Waals surface area contributed by atoms with Crippen LogP contribution in [0.15, 0.2) is 11.6 Å². The Morgan fingerprint density at radius 2 is 1.33 bits per heavy atom. The number of aliphatic hydroxyl groups excluding tert-OH is 10. The van der Waals surface area contributed by atoms with Crippen molar-refractivity contribution in [3.63, 3.8) is 0 Å². The molecule has 516 valence electrons. The van der Waals surface area contributed by atoms with E-state index in [1.807, 2.05) is 6.92 Å². The third-order valence-corrected chi connectivity index (χ3v) is 22.6. The lowest BCUT2D eigenvalue weighted by Crippen LogP contribution is -2.67. The van der Waals surface area contributed by atoms with E-state index in [9.17, 15) is 73.6 Å². The topological polar surface area (TPSA) is 423 Å². The van der Waals surface area contributed by atoms with Crippen LogP contribution in [0.1, 0.15) is 120 Å². The lowest BCUT2D eigenvalue weighted by Gasteiger charge is -2.64. The van der Waals surface area contributed by atoms with Crippen LogP contribution in [-0.4, -0.2) is 263 Å². The smallest absolute Gasteiger partial charge is 0.314 e. The molecule has 29 nitrogen and oxygen atoms in total. The molecule has 0 aromatic rings. The summed E-state index contributed by atoms with van der Waals surface area (Å²) in [5, 5.41) is 111. The maximum Gasteiger partial charge on any atom is 0.314 e. The van der Waals surface area contributed by atoms with E-state index < -0.39 is 212 Å². The molecule has 0 aromatic heterocycles. The number of methoxy groups -OCH3 is 1. The molecule has 3 saturated carbocycles. The number of allylic oxidation sites excluding steroid dienone is 2. The van der Waals surface area contributed by atoms with Crippen molar-refractivity contribution in [3.8, 4) is 0 Å². The largest absolute Gasteiger partial charge is 0.726 e. The number of aliphatic hydroxyl groups is 10. The predicted molar refractivity (Wildman–Crippen MR) is 301 cm³/mol. The Labute approximate surface area is 523 Å². The Balaban J connectivity index is 0.904. The Hall–Kier alpha value is -2.29. The highest BCUT2D eigenvalue weighted by molar-refractivity contribution is 7.80. The summed E-state index contributed by atoms with van der Waals surface area (Å²) in [4.78, 5) is 27.6. The van der Waals surface area contributed by atoms with Gasteiger partial charge in [0.1, 0.15) is 109 Å². The zero-order valence-corrected chi connectivity index (χ0v) is 53.4. The maximum atomic E-state index is 14.8. The molecule has 6 aliphatic heterocycles. The molecule has 10 aliphatic rings. The molecule has 0 bridgehead atoms. The highest BCUT2D eigenvalue weighted by Gasteiger charge is 2.79. The first-order valence-corrected chi connectivity index (χ1v) is 32.9. The summed E-state index contributed by atoms with van der Waals surface area (Å²) in [7, 11) is -4.32. The fraction of sp³-hybridized carbons (Fsp3) is 0.933. The van der Waals surface area contributed by atoms with E-state index in [-0.39, 0.29) is 29.1 Å². The van der Waals surface area contributed by atoms with E-state index in [4.69, 9.17) is 65.8 Å². The molecule has 0 aromatic carbocycles. The molecule has 30 heteroatoms. The minimum atomic E-state index is -5.51. The molecule has 1 spiro atoms. The summed E-state index contributed by atoms with van der Waals surface area (Å²) >= 11 is 0. The van der Waals surface area contributed by atoms with Crippen LogP contribution in [0.3, 0.4) is 0 Å². The number of hydrogen-bond acceptors (Lipinski definition) is 29. The highest BCUT2D eigenvalue weighted by atomic mass is 32.3. The van der Waals surface area contributed by atoms with Crippen molar-refractivity contribution in [2.24, 2.45) is 45.3 Å². The number of esters is 2. The molecule has 90 heavy (non-hydrogen) atoms. The monoisotopic (exact) mass is 1310 g/mol. The second-order valence-electron chi connectivity index (χ2n) is 28.4. The SMILES string of the molecule is CO[C@@H]1[C@@H](O)[C@H](O[C@@H]2[C@@H](O)[C@H](O[C@H]3[C@H](O)[C@@H](O[C@@H]4OC[C@@H](O)[C@H](O)[C@H]4O)[C@H](O[C@H]4[C@H](O[C@H]5CC[C@]6(C)[C@@H]7CCC89C(=O)O[C@@](C)(CCCC(C)C)[C@H]8[C@@H](OC(C)=O)C[C@@]9(C)C7=CC[C@H]6C5(C)C)OC[C@@H](OS(=O)(=O)[O-])[C@@H]4O)O[C@@H]3C)OC[C@H]2O)O[C@H](CO)[C@H]1O. The van der Waals surface area contributed by atoms with Crippen molar-refractivity contribution in [3.05, 3.63) is 11.6 Å². The fourth-order valence-electron chi connectivity index (χ4n) is 17.7. The summed E-state index contributed by atoms with van der Waals surface area (Å²) in [5.74, 6) is -0.646. The zero-order chi connectivity index (χ0) is 65.7. The normalized spacial score (nSPS) is 50.3. The van der Waals surface area contributed by atoms with Gasteiger partial charge < -0.3 is 117 Å². The van der Waals surface area contributed by atoms with Crippen LogP contribution in [-0.2, 0) is 85.8 Å². The summed E-state index contributed by atoms with van der Waals surface area (Å²) in [5.41, 5.74) is -2.39. The third-order valence-electron chi connectivity index (χ3n) is 22.1. The average Bonchev–Trinajstić information content (AvgIpc) is 1.45. The molecule has 9 fully saturated rings.